The van der Waals surface area contributed by atoms with Crippen LogP contribution in [0.4, 0.5) is 13.2 Å². The molecule has 1 heterocycles. The molecule has 0 radical (unpaired) electrons. The van der Waals surface area contributed by atoms with Crippen LogP contribution in [0.5, 0.6) is 0 Å². The van der Waals surface area contributed by atoms with E-state index >= 15 is 0 Å². The van der Waals surface area contributed by atoms with E-state index in [0.717, 1.165) is 0 Å². The van der Waals surface area contributed by atoms with Crippen LogP contribution in [0.25, 0.3) is 0 Å². The van der Waals surface area contributed by atoms with Crippen LogP contribution in [-0.2, 0) is 35.7 Å². The molecule has 0 aromatic heterocycles. The standard InChI is InChI=1S/C18H14F3NO5S/c19-18(20,21)13-8-6-12(7-9-13)15-14(23)16(17(22)26-15)27-28(24,25)10-11-4-2-1-3-5-11/h1-9,15H,10,22H2/t15-/m1/s1/i1D,2D,3D,4D,5D,10D2,15D/hD2. The van der Waals surface area contributed by atoms with E-state index in [-0.39, 0.29) is 0 Å². The maximum atomic E-state index is 13.0. The monoisotopic (exact) mass is 423 g/mol. The van der Waals surface area contributed by atoms with Crippen LogP contribution in [0.15, 0.2) is 66.1 Å². The van der Waals surface area contributed by atoms with Crippen LogP contribution >= 0.6 is 0 Å². The van der Waals surface area contributed by atoms with E-state index in [1.54, 1.807) is 0 Å². The summed E-state index contributed by atoms with van der Waals surface area (Å²) in [5.41, 5.74) is -7.60. The van der Waals surface area contributed by atoms with Gasteiger partial charge in [-0.2, -0.15) is 21.6 Å². The van der Waals surface area contributed by atoms with Gasteiger partial charge in [-0.05, 0) is 17.7 Å². The summed E-state index contributed by atoms with van der Waals surface area (Å²) in [6, 6.07) is -3.39. The van der Waals surface area contributed by atoms with E-state index in [2.05, 4.69) is 4.18 Å². The Labute approximate surface area is 172 Å². The third-order valence-electron chi connectivity index (χ3n) is 3.20. The van der Waals surface area contributed by atoms with Crippen molar-refractivity contribution in [3.8, 4) is 0 Å². The van der Waals surface area contributed by atoms with Crippen LogP contribution in [0.2, 0.25) is 2.82 Å². The minimum atomic E-state index is -5.86. The van der Waals surface area contributed by atoms with Crippen molar-refractivity contribution in [2.24, 2.45) is 5.72 Å². The molecular formula is C18H14F3NO5S. The number of hydrogen-bond acceptors (Lipinski definition) is 6. The molecule has 0 amide bonds. The number of carbonyl (C=O) groups excluding carboxylic acids is 1. The molecule has 10 heteroatoms. The second kappa shape index (κ2) is 7.19. The van der Waals surface area contributed by atoms with Gasteiger partial charge in [0.1, 0.15) is 5.70 Å². The second-order valence-electron chi connectivity index (χ2n) is 5.11. The van der Waals surface area contributed by atoms with Gasteiger partial charge < -0.3 is 14.6 Å². The number of nitrogens with two attached hydrogens (primary N) is 1. The number of halogens is 3. The Hall–Kier alpha value is -3.01. The quantitative estimate of drug-likeness (QED) is 0.718. The van der Waals surface area contributed by atoms with Gasteiger partial charge in [0.15, 0.2) is 8.90 Å². The van der Waals surface area contributed by atoms with Crippen molar-refractivity contribution in [3.05, 3.63) is 82.8 Å². The lowest BCUT2D eigenvalue weighted by Gasteiger charge is -2.12. The molecule has 6 nitrogen and oxygen atoms in total. The van der Waals surface area contributed by atoms with Crippen molar-refractivity contribution >= 4 is 15.9 Å². The van der Waals surface area contributed by atoms with Crippen molar-refractivity contribution < 1.29 is 49.1 Å². The Balaban J connectivity index is 2.09. The normalized spacial score (nSPS) is 25.6. The molecule has 3 rings (SSSR count). The van der Waals surface area contributed by atoms with Gasteiger partial charge >= 0.3 is 16.3 Å². The van der Waals surface area contributed by atoms with Gasteiger partial charge in [-0.1, -0.05) is 42.3 Å². The summed E-state index contributed by atoms with van der Waals surface area (Å²) in [5.74, 6) is -4.69. The van der Waals surface area contributed by atoms with Gasteiger partial charge in [0.2, 0.25) is 17.4 Å². The zero-order chi connectivity index (χ0) is 29.2. The second-order valence-corrected chi connectivity index (χ2v) is 6.39. The number of rotatable bonds is 6. The fourth-order valence-corrected chi connectivity index (χ4v) is 2.78. The van der Waals surface area contributed by atoms with Gasteiger partial charge in [0.25, 0.3) is 0 Å². The van der Waals surface area contributed by atoms with Crippen molar-refractivity contribution in [2.75, 3.05) is 0 Å². The molecule has 1 aliphatic rings. The molecule has 0 fully saturated rings. The summed E-state index contributed by atoms with van der Waals surface area (Å²) in [6.45, 7) is 0. The van der Waals surface area contributed by atoms with E-state index in [0.29, 0.717) is 24.3 Å². The van der Waals surface area contributed by atoms with E-state index in [1.807, 2.05) is 0 Å². The van der Waals surface area contributed by atoms with Gasteiger partial charge in [-0.25, -0.2) is 0 Å². The van der Waals surface area contributed by atoms with Crippen molar-refractivity contribution in [1.29, 1.82) is 0 Å². The van der Waals surface area contributed by atoms with Crippen molar-refractivity contribution in [3.63, 3.8) is 0 Å². The van der Waals surface area contributed by atoms with Crippen LogP contribution in [0.3, 0.4) is 0 Å². The van der Waals surface area contributed by atoms with E-state index in [4.69, 9.17) is 18.5 Å². The Morgan fingerprint density at radius 3 is 2.46 bits per heavy atom. The van der Waals surface area contributed by atoms with E-state index < -0.39 is 98.1 Å². The lowest BCUT2D eigenvalue weighted by Crippen LogP contribution is -2.16. The molecule has 0 spiro atoms. The molecule has 28 heavy (non-hydrogen) atoms. The molecule has 0 aliphatic carbocycles. The summed E-state index contributed by atoms with van der Waals surface area (Å²) in [5, 5.41) is 0. The largest absolute Gasteiger partial charge is 0.460 e. The highest BCUT2D eigenvalue weighted by atomic mass is 32.2. The summed E-state index contributed by atoms with van der Waals surface area (Å²) in [7, 11) is -5.86. The van der Waals surface area contributed by atoms with E-state index in [9.17, 15) is 26.4 Å². The summed E-state index contributed by atoms with van der Waals surface area (Å²) in [4.78, 5) is 13.0. The Morgan fingerprint density at radius 2 is 1.89 bits per heavy atom. The summed E-state index contributed by atoms with van der Waals surface area (Å²) >= 11 is 0. The maximum absolute atomic E-state index is 13.0. The minimum Gasteiger partial charge on any atom is -0.460 e. The molecule has 0 bridgehead atoms. The van der Waals surface area contributed by atoms with Crippen molar-refractivity contribution in [1.82, 2.24) is 0 Å². The third-order valence-corrected chi connectivity index (χ3v) is 4.04. The van der Waals surface area contributed by atoms with E-state index in [1.165, 1.54) is 0 Å². The molecule has 0 saturated heterocycles. The van der Waals surface area contributed by atoms with Gasteiger partial charge in [-0.15, -0.1) is 0 Å². The Morgan fingerprint density at radius 1 is 1.25 bits per heavy atom. The lowest BCUT2D eigenvalue weighted by molar-refractivity contribution is -0.137. The van der Waals surface area contributed by atoms with Crippen LogP contribution in [0.1, 0.15) is 33.7 Å². The van der Waals surface area contributed by atoms with Gasteiger partial charge in [-0.3, -0.25) is 4.79 Å². The molecule has 0 saturated carbocycles. The molecule has 1 aliphatic heterocycles. The first-order valence-electron chi connectivity index (χ1n) is 12.0. The topological polar surface area (TPSA) is 95.7 Å². The fourth-order valence-electron chi connectivity index (χ4n) is 2.02. The first-order chi connectivity index (χ1) is 17.2. The highest BCUT2D eigenvalue weighted by molar-refractivity contribution is 7.86. The number of ketones is 1. The molecule has 0 unspecified atom stereocenters. The number of hydrogen-bond donors (Lipinski definition) is 1. The Bertz CT molecular complexity index is 1440. The smallest absolute Gasteiger partial charge is 0.416 e. The molecule has 148 valence electrons. The molecule has 2 N–H and O–H groups in total. The highest BCUT2D eigenvalue weighted by Gasteiger charge is 2.40. The maximum Gasteiger partial charge on any atom is 0.416 e. The highest BCUT2D eigenvalue weighted by Crippen LogP contribution is 2.35. The van der Waals surface area contributed by atoms with Gasteiger partial charge in [0, 0.05) is 5.56 Å². The van der Waals surface area contributed by atoms with Crippen LogP contribution < -0.4 is 5.72 Å². The number of Topliss-reactive ketones (excluding diaryl/α,β-unsaturated/α-hetero) is 1. The van der Waals surface area contributed by atoms with Crippen LogP contribution in [0, 0.1) is 0 Å². The third kappa shape index (κ3) is 4.28. The van der Waals surface area contributed by atoms with Crippen LogP contribution in [-0.4, -0.2) is 14.2 Å². The number of carbonyl (C=O) groups is 1. The fraction of sp³-hybridized carbons (Fsp3) is 0.167. The predicted octanol–water partition coefficient (Wildman–Crippen LogP) is 3.02. The SMILES string of the molecule is [2H]c1c([2H])c([2H])c(C([2H])([2H])S(=O)(=O)OC2=C(N([2H])[2H])O[C@]([2H])(c3ccc(C(F)(F)F)cc3)C2=O)c([2H])c1[2H]. The molecule has 1 atom stereocenters. The average Bonchev–Trinajstić information content (AvgIpc) is 3.07. The first kappa shape index (κ1) is 10.5. The Kier molecular flexibility index (Phi) is 2.70. The average molecular weight is 423 g/mol. The molecule has 2 aromatic carbocycles. The minimum absolute atomic E-state index is 0.480. The molecule has 2 aromatic rings. The molecular weight excluding hydrogens is 399 g/mol. The number of alkyl halides is 3. The predicted molar refractivity (Wildman–Crippen MR) is 91.6 cm³/mol. The number of benzene rings is 2. The summed E-state index contributed by atoms with van der Waals surface area (Å²) < 4.78 is 151. The zero-order valence-electron chi connectivity index (χ0n) is 23.3. The first-order valence-corrected chi connectivity index (χ1v) is 8.54. The lowest BCUT2D eigenvalue weighted by atomic mass is 10.0. The zero-order valence-corrected chi connectivity index (χ0v) is 14.2. The van der Waals surface area contributed by atoms with Gasteiger partial charge in [0.05, 0.1) is 16.5 Å². The van der Waals surface area contributed by atoms with Crippen molar-refractivity contribution in [2.45, 2.75) is 18.0 Å². The summed E-state index contributed by atoms with van der Waals surface area (Å²) in [6.07, 6.45) is -7.84. The number of ether oxygens (including phenoxy) is 1.